The van der Waals surface area contributed by atoms with Crippen LogP contribution in [0.4, 0.5) is 19.0 Å². The van der Waals surface area contributed by atoms with E-state index in [4.69, 9.17) is 24.2 Å². The van der Waals surface area contributed by atoms with E-state index < -0.39 is 44.0 Å². The number of fused-ring (bicyclic) bond motifs is 4. The van der Waals surface area contributed by atoms with Crippen LogP contribution in [0.5, 0.6) is 17.6 Å². The summed E-state index contributed by atoms with van der Waals surface area (Å²) in [6.45, 7) is 12.2. The van der Waals surface area contributed by atoms with E-state index in [0.717, 1.165) is 0 Å². The fourth-order valence-electron chi connectivity index (χ4n) is 9.99. The number of aromatic hydroxyl groups is 1. The fourth-order valence-corrected chi connectivity index (χ4v) is 15.2. The molecule has 4 atom stereocenters. The molecule has 4 aromatic rings. The van der Waals surface area contributed by atoms with Crippen molar-refractivity contribution in [3.8, 4) is 40.4 Å². The number of anilines is 1. The molecule has 56 heavy (non-hydrogen) atoms. The Hall–Kier alpha value is -4.12. The summed E-state index contributed by atoms with van der Waals surface area (Å²) in [4.78, 5) is 17.8. The highest BCUT2D eigenvalue weighted by molar-refractivity contribution is 6.90. The molecule has 0 spiro atoms. The second-order valence-electron chi connectivity index (χ2n) is 16.8. The minimum absolute atomic E-state index is 0.0265. The van der Waals surface area contributed by atoms with Crippen LogP contribution in [0.15, 0.2) is 24.3 Å². The molecule has 298 valence electrons. The van der Waals surface area contributed by atoms with Crippen LogP contribution in [-0.4, -0.2) is 96.8 Å². The molecular weight excluding hydrogens is 736 g/mol. The maximum absolute atomic E-state index is 17.7. The van der Waals surface area contributed by atoms with Crippen molar-refractivity contribution in [2.75, 3.05) is 44.8 Å². The molecule has 0 bridgehead atoms. The quantitative estimate of drug-likeness (QED) is 0.132. The number of hydrogen-bond donors (Lipinski definition) is 1. The maximum Gasteiger partial charge on any atom is 0.319 e. The van der Waals surface area contributed by atoms with Gasteiger partial charge in [-0.05, 0) is 72.4 Å². The van der Waals surface area contributed by atoms with Gasteiger partial charge in [-0.3, -0.25) is 4.90 Å². The summed E-state index contributed by atoms with van der Waals surface area (Å²) < 4.78 is 85.2. The smallest absolute Gasteiger partial charge is 0.319 e. The summed E-state index contributed by atoms with van der Waals surface area (Å²) in [5.74, 6) is 1.74. The molecule has 5 heterocycles. The summed E-state index contributed by atoms with van der Waals surface area (Å²) in [6.07, 6.45) is 1.10. The first-order valence-corrected chi connectivity index (χ1v) is 22.2. The number of aromatic nitrogens is 3. The minimum atomic E-state index is -2.44. The molecule has 3 aliphatic heterocycles. The van der Waals surface area contributed by atoms with Crippen LogP contribution in [0, 0.1) is 23.1 Å². The zero-order valence-corrected chi connectivity index (χ0v) is 34.2. The summed E-state index contributed by atoms with van der Waals surface area (Å²) in [7, 11) is -0.956. The fraction of sp³-hybridized carbons (Fsp3) is 0.558. The number of nitrogens with zero attached hydrogens (tertiary/aromatic N) is 5. The van der Waals surface area contributed by atoms with E-state index in [0.29, 0.717) is 50.8 Å². The molecular formula is C43H52F3N5O4Si. The molecule has 4 aliphatic rings. The number of hydrogen-bond acceptors (Lipinski definition) is 9. The standard InChI is InChI=1S/C43H52F3N5O4Si/c1-24(2)56(25(3)4,26(5)6)17-12-30-32(45)11-10-27-18-29(52)19-31(35(27)30)38-37(46)39-36(41(47-38)53-7)40(51-15-9-16-54-34-20-33(34)51)49-42(48-39)55-23-43-13-8-14-50(43)22-28(44)21-43/h10-11,18-19,24-26,28,33-34,52H,8-9,13-16,20-23H2,1-7H3/t28-,33-,34+,43+/m1/s1/i23D2. The average molecular weight is 790 g/mol. The Bertz CT molecular complexity index is 2320. The molecule has 2 aromatic heterocycles. The first-order valence-electron chi connectivity index (χ1n) is 20.9. The molecule has 1 aliphatic carbocycles. The van der Waals surface area contributed by atoms with E-state index in [-0.39, 0.29) is 92.3 Å². The van der Waals surface area contributed by atoms with E-state index in [9.17, 15) is 12.2 Å². The second-order valence-corrected chi connectivity index (χ2v) is 22.4. The van der Waals surface area contributed by atoms with Crippen molar-refractivity contribution < 1.29 is 35.2 Å². The lowest BCUT2D eigenvalue weighted by Crippen LogP contribution is -2.43. The third-order valence-electron chi connectivity index (χ3n) is 12.7. The average Bonchev–Trinajstić information content (AvgIpc) is 3.74. The van der Waals surface area contributed by atoms with E-state index in [1.54, 1.807) is 4.90 Å². The summed E-state index contributed by atoms with van der Waals surface area (Å²) in [5.41, 5.74) is 2.77. The van der Waals surface area contributed by atoms with Gasteiger partial charge in [0.2, 0.25) is 5.88 Å². The number of pyridine rings is 1. The Kier molecular flexibility index (Phi) is 9.49. The van der Waals surface area contributed by atoms with Crippen LogP contribution in [0.25, 0.3) is 32.9 Å². The molecule has 9 nitrogen and oxygen atoms in total. The Morgan fingerprint density at radius 2 is 1.82 bits per heavy atom. The molecule has 1 saturated carbocycles. The Morgan fingerprint density at radius 1 is 1.05 bits per heavy atom. The van der Waals surface area contributed by atoms with Crippen molar-refractivity contribution in [2.45, 2.75) is 114 Å². The van der Waals surface area contributed by atoms with Crippen LogP contribution in [0.1, 0.15) is 82.0 Å². The van der Waals surface area contributed by atoms with Gasteiger partial charge in [-0.1, -0.05) is 53.5 Å². The van der Waals surface area contributed by atoms with Crippen LogP contribution >= 0.6 is 0 Å². The van der Waals surface area contributed by atoms with Gasteiger partial charge in [0.25, 0.3) is 0 Å². The Morgan fingerprint density at radius 3 is 2.55 bits per heavy atom. The van der Waals surface area contributed by atoms with Gasteiger partial charge < -0.3 is 24.2 Å². The number of phenolic OH excluding ortho intramolecular Hbond substituents is 1. The van der Waals surface area contributed by atoms with Crippen LogP contribution in [-0.2, 0) is 4.74 Å². The third-order valence-corrected chi connectivity index (χ3v) is 19.0. The molecule has 3 saturated heterocycles. The van der Waals surface area contributed by atoms with Crippen molar-refractivity contribution in [1.29, 1.82) is 0 Å². The zero-order valence-electron chi connectivity index (χ0n) is 35.2. The molecule has 4 fully saturated rings. The first kappa shape index (κ1) is 36.2. The van der Waals surface area contributed by atoms with Gasteiger partial charge in [0.05, 0.1) is 33.1 Å². The molecule has 0 amide bonds. The molecule has 0 radical (unpaired) electrons. The lowest BCUT2D eigenvalue weighted by Gasteiger charge is -2.38. The Balaban J connectivity index is 1.37. The van der Waals surface area contributed by atoms with Crippen molar-refractivity contribution in [2.24, 2.45) is 0 Å². The lowest BCUT2D eigenvalue weighted by atomic mass is 9.95. The number of benzene rings is 2. The lowest BCUT2D eigenvalue weighted by molar-refractivity contribution is 0.107. The predicted molar refractivity (Wildman–Crippen MR) is 215 cm³/mol. The number of rotatable bonds is 9. The normalized spacial score (nSPS) is 24.6. The van der Waals surface area contributed by atoms with E-state index in [1.807, 2.05) is 4.90 Å². The third kappa shape index (κ3) is 6.45. The van der Waals surface area contributed by atoms with E-state index in [1.165, 1.54) is 31.4 Å². The number of ether oxygens (including phenoxy) is 3. The topological polar surface area (TPSA) is 93.1 Å². The van der Waals surface area contributed by atoms with Crippen LogP contribution < -0.4 is 14.4 Å². The highest BCUT2D eigenvalue weighted by Crippen LogP contribution is 2.46. The molecule has 0 unspecified atom stereocenters. The summed E-state index contributed by atoms with van der Waals surface area (Å²) in [5, 5.41) is 11.9. The highest BCUT2D eigenvalue weighted by Gasteiger charge is 2.50. The largest absolute Gasteiger partial charge is 0.508 e. The van der Waals surface area contributed by atoms with Crippen LogP contribution in [0.2, 0.25) is 16.6 Å². The number of methoxy groups -OCH3 is 1. The van der Waals surface area contributed by atoms with Crippen molar-refractivity contribution in [1.82, 2.24) is 19.9 Å². The van der Waals surface area contributed by atoms with E-state index >= 15 is 8.78 Å². The van der Waals surface area contributed by atoms with Crippen molar-refractivity contribution in [3.63, 3.8) is 0 Å². The minimum Gasteiger partial charge on any atom is -0.508 e. The monoisotopic (exact) mass is 789 g/mol. The SMILES string of the molecule is [2H]C([2H])(Oc1nc(N2CCCO[C@H]3C[C@H]32)c2c(OC)nc(-c3cc(O)cc4ccc(F)c(C#C[Si](C(C)C)(C(C)C)C(C)C)c34)c(F)c2n1)[C@@]12CCCN1C[C@H](F)C2. The van der Waals surface area contributed by atoms with Gasteiger partial charge in [-0.2, -0.15) is 9.97 Å². The zero-order chi connectivity index (χ0) is 41.5. The van der Waals surface area contributed by atoms with Gasteiger partial charge in [0.15, 0.2) is 5.82 Å². The first-order chi connectivity index (χ1) is 27.5. The number of alkyl halides is 1. The van der Waals surface area contributed by atoms with Gasteiger partial charge in [-0.15, -0.1) is 5.54 Å². The molecule has 13 heteroatoms. The van der Waals surface area contributed by atoms with Gasteiger partial charge in [0.1, 0.15) is 54.8 Å². The van der Waals surface area contributed by atoms with Gasteiger partial charge in [0, 0.05) is 37.1 Å². The number of halogens is 3. The van der Waals surface area contributed by atoms with Crippen LogP contribution in [0.3, 0.4) is 0 Å². The maximum atomic E-state index is 17.7. The van der Waals surface area contributed by atoms with Crippen molar-refractivity contribution in [3.05, 3.63) is 41.5 Å². The van der Waals surface area contributed by atoms with Gasteiger partial charge >= 0.3 is 6.01 Å². The van der Waals surface area contributed by atoms with E-state index in [2.05, 4.69) is 58.0 Å². The molecule has 8 rings (SSSR count). The molecule has 1 N–H and O–H groups in total. The number of phenols is 1. The summed E-state index contributed by atoms with van der Waals surface area (Å²) >= 11 is 0. The molecule has 2 aromatic carbocycles. The second kappa shape index (κ2) is 14.7. The predicted octanol–water partition coefficient (Wildman–Crippen LogP) is 8.73. The Labute approximate surface area is 330 Å². The van der Waals surface area contributed by atoms with Gasteiger partial charge in [-0.25, -0.2) is 18.2 Å². The summed E-state index contributed by atoms with van der Waals surface area (Å²) in [6, 6.07) is 5.13. The highest BCUT2D eigenvalue weighted by atomic mass is 28.3. The van der Waals surface area contributed by atoms with Crippen molar-refractivity contribution >= 4 is 35.6 Å².